The van der Waals surface area contributed by atoms with E-state index in [1.807, 2.05) is 22.2 Å². The van der Waals surface area contributed by atoms with Crippen LogP contribution in [-0.4, -0.2) is 124 Å². The molecule has 4 amide bonds. The van der Waals surface area contributed by atoms with E-state index in [-0.39, 0.29) is 35.7 Å². The second-order valence-corrected chi connectivity index (χ2v) is 21.0. The van der Waals surface area contributed by atoms with E-state index in [1.165, 1.54) is 18.9 Å². The van der Waals surface area contributed by atoms with E-state index in [4.69, 9.17) is 33.7 Å². The lowest BCUT2D eigenvalue weighted by Gasteiger charge is -2.34. The molecule has 5 aliphatic rings. The van der Waals surface area contributed by atoms with Gasteiger partial charge in [0.25, 0.3) is 0 Å². The summed E-state index contributed by atoms with van der Waals surface area (Å²) in [6.07, 6.45) is 7.77. The Bertz CT molecular complexity index is 3210. The molecule has 9 heterocycles. The maximum atomic E-state index is 14.3. The van der Waals surface area contributed by atoms with Gasteiger partial charge >= 0.3 is 12.2 Å². The van der Waals surface area contributed by atoms with Crippen molar-refractivity contribution in [1.82, 2.24) is 44.9 Å². The van der Waals surface area contributed by atoms with Crippen LogP contribution in [0.2, 0.25) is 0 Å². The van der Waals surface area contributed by atoms with Gasteiger partial charge in [0.1, 0.15) is 29.5 Å². The topological polar surface area (TPSA) is 207 Å². The molecule has 12 rings (SSSR count). The molecule has 0 aliphatic carbocycles. The molecule has 1 unspecified atom stereocenters. The zero-order valence-electron chi connectivity index (χ0n) is 41.3. The quantitative estimate of drug-likeness (QED) is 0.0963. The molecular formula is C55H59N9O9S. The fraction of sp³-hybridized carbons (Fsp3) is 0.418. The van der Waals surface area contributed by atoms with Gasteiger partial charge in [-0.2, -0.15) is 0 Å². The van der Waals surface area contributed by atoms with Crippen molar-refractivity contribution >= 4 is 56.3 Å². The van der Waals surface area contributed by atoms with Crippen molar-refractivity contribution in [3.05, 3.63) is 102 Å². The van der Waals surface area contributed by atoms with Gasteiger partial charge in [-0.25, -0.2) is 19.6 Å². The number of imidazole rings is 2. The molecule has 4 fully saturated rings. The molecule has 74 heavy (non-hydrogen) atoms. The number of H-pyrrole nitrogens is 2. The van der Waals surface area contributed by atoms with E-state index in [2.05, 4.69) is 98.0 Å². The summed E-state index contributed by atoms with van der Waals surface area (Å²) in [4.78, 5) is 75.1. The minimum Gasteiger partial charge on any atom is -0.464 e. The van der Waals surface area contributed by atoms with E-state index in [0.29, 0.717) is 76.8 Å². The summed E-state index contributed by atoms with van der Waals surface area (Å²) in [5, 5.41) is 7.86. The fourth-order valence-corrected chi connectivity index (χ4v) is 13.0. The molecule has 4 N–H and O–H groups in total. The predicted molar refractivity (Wildman–Crippen MR) is 276 cm³/mol. The van der Waals surface area contributed by atoms with Crippen LogP contribution in [0.4, 0.5) is 9.59 Å². The smallest absolute Gasteiger partial charge is 0.407 e. The molecule has 0 saturated carbocycles. The SMILES string of the molecule is COC(=O)N[C@H](C(=O)N1CCC[C@H]1c1ncc(-c2ccc3c(c2)OC(c2cc4ccccc4s2)n2c-3cc3cc(-c4cnc([C@@H]5CCCN5C(=O)[C@@H](NC(=O)OC)C5CCOCC5)[nH]4)ccc32)[nH]1)C1CCOCC1. The highest BCUT2D eigenvalue weighted by atomic mass is 32.1. The van der Waals surface area contributed by atoms with Crippen LogP contribution in [0.25, 0.3) is 54.8 Å². The number of amides is 4. The first-order valence-corrected chi connectivity index (χ1v) is 26.5. The van der Waals surface area contributed by atoms with Gasteiger partial charge in [-0.3, -0.25) is 14.2 Å². The number of ether oxygens (including phenoxy) is 5. The summed E-state index contributed by atoms with van der Waals surface area (Å²) in [5.41, 5.74) is 6.46. The highest BCUT2D eigenvalue weighted by Crippen LogP contribution is 2.48. The molecule has 4 aromatic heterocycles. The Kier molecular flexibility index (Phi) is 13.1. The number of hydrogen-bond donors (Lipinski definition) is 4. The molecule has 0 spiro atoms. The normalized spacial score (nSPS) is 21.0. The van der Waals surface area contributed by atoms with Crippen LogP contribution in [0.5, 0.6) is 5.75 Å². The predicted octanol–water partition coefficient (Wildman–Crippen LogP) is 8.87. The molecule has 19 heteroatoms. The number of carbonyl (C=O) groups is 4. The van der Waals surface area contributed by atoms with Gasteiger partial charge in [-0.05, 0) is 111 Å². The summed E-state index contributed by atoms with van der Waals surface area (Å²) in [7, 11) is 2.62. The van der Waals surface area contributed by atoms with Crippen molar-refractivity contribution in [2.75, 3.05) is 53.7 Å². The molecular weight excluding hydrogens is 963 g/mol. The van der Waals surface area contributed by atoms with Crippen molar-refractivity contribution in [3.8, 4) is 39.5 Å². The lowest BCUT2D eigenvalue weighted by Crippen LogP contribution is -2.53. The van der Waals surface area contributed by atoms with Crippen molar-refractivity contribution in [1.29, 1.82) is 0 Å². The zero-order chi connectivity index (χ0) is 50.5. The molecule has 0 bridgehead atoms. The first-order valence-electron chi connectivity index (χ1n) is 25.7. The number of aromatic nitrogens is 5. The van der Waals surface area contributed by atoms with Crippen LogP contribution < -0.4 is 15.4 Å². The van der Waals surface area contributed by atoms with Gasteiger partial charge in [0.05, 0.1) is 66.2 Å². The maximum Gasteiger partial charge on any atom is 0.407 e. The molecule has 5 atom stereocenters. The van der Waals surface area contributed by atoms with Crippen LogP contribution >= 0.6 is 11.3 Å². The summed E-state index contributed by atoms with van der Waals surface area (Å²) in [5.74, 6) is 1.76. The minimum absolute atomic E-state index is 0.0547. The second kappa shape index (κ2) is 20.2. The Balaban J connectivity index is 0.838. The third-order valence-corrected chi connectivity index (χ3v) is 16.8. The first kappa shape index (κ1) is 47.8. The number of thiophene rings is 1. The minimum atomic E-state index is -0.721. The van der Waals surface area contributed by atoms with Crippen molar-refractivity contribution in [3.63, 3.8) is 0 Å². The van der Waals surface area contributed by atoms with Crippen LogP contribution in [0.3, 0.4) is 0 Å². The molecule has 4 saturated heterocycles. The molecule has 384 valence electrons. The first-order chi connectivity index (χ1) is 36.2. The highest BCUT2D eigenvalue weighted by Gasteiger charge is 2.42. The number of nitrogens with one attached hydrogen (secondary N) is 4. The second-order valence-electron chi connectivity index (χ2n) is 19.9. The van der Waals surface area contributed by atoms with Crippen LogP contribution in [-0.2, 0) is 28.5 Å². The van der Waals surface area contributed by atoms with E-state index in [1.54, 1.807) is 11.3 Å². The summed E-state index contributed by atoms with van der Waals surface area (Å²) < 4.78 is 31.6. The Morgan fingerprint density at radius 3 is 1.82 bits per heavy atom. The number of hydrogen-bond acceptors (Lipinski definition) is 12. The van der Waals surface area contributed by atoms with Crippen molar-refractivity contribution in [2.45, 2.75) is 81.8 Å². The fourth-order valence-electron chi connectivity index (χ4n) is 11.9. The molecule has 5 aliphatic heterocycles. The Labute approximate surface area is 431 Å². The largest absolute Gasteiger partial charge is 0.464 e. The number of likely N-dealkylation sites (tertiary alicyclic amines) is 2. The molecule has 18 nitrogen and oxygen atoms in total. The monoisotopic (exact) mass is 1020 g/mol. The van der Waals surface area contributed by atoms with Crippen LogP contribution in [0.1, 0.15) is 86.2 Å². The van der Waals surface area contributed by atoms with E-state index < -0.39 is 30.5 Å². The molecule has 3 aromatic carbocycles. The number of nitrogens with zero attached hydrogens (tertiary/aromatic N) is 5. The Morgan fingerprint density at radius 1 is 0.676 bits per heavy atom. The zero-order valence-corrected chi connectivity index (χ0v) is 42.2. The Morgan fingerprint density at radius 2 is 1.24 bits per heavy atom. The van der Waals surface area contributed by atoms with Gasteiger partial charge in [-0.1, -0.05) is 30.3 Å². The van der Waals surface area contributed by atoms with Crippen molar-refractivity contribution in [2.24, 2.45) is 11.8 Å². The molecule has 7 aromatic rings. The summed E-state index contributed by atoms with van der Waals surface area (Å²) >= 11 is 1.72. The molecule has 0 radical (unpaired) electrons. The third kappa shape index (κ3) is 8.93. The summed E-state index contributed by atoms with van der Waals surface area (Å²) in [6.45, 7) is 3.30. The lowest BCUT2D eigenvalue weighted by molar-refractivity contribution is -0.137. The number of methoxy groups -OCH3 is 2. The van der Waals surface area contributed by atoms with E-state index in [0.717, 1.165) is 86.4 Å². The van der Waals surface area contributed by atoms with Crippen LogP contribution in [0.15, 0.2) is 85.2 Å². The number of aromatic amines is 2. The summed E-state index contributed by atoms with van der Waals surface area (Å²) in [6, 6.07) is 23.5. The lowest BCUT2D eigenvalue weighted by atomic mass is 9.90. The number of benzene rings is 3. The van der Waals surface area contributed by atoms with E-state index in [9.17, 15) is 19.2 Å². The third-order valence-electron chi connectivity index (χ3n) is 15.7. The van der Waals surface area contributed by atoms with Crippen LogP contribution in [0, 0.1) is 11.8 Å². The van der Waals surface area contributed by atoms with Crippen molar-refractivity contribution < 1.29 is 42.9 Å². The highest BCUT2D eigenvalue weighted by molar-refractivity contribution is 7.19. The van der Waals surface area contributed by atoms with Gasteiger partial charge in [0, 0.05) is 66.3 Å². The van der Waals surface area contributed by atoms with Gasteiger partial charge in [0.2, 0.25) is 18.0 Å². The number of alkyl carbamates (subject to hydrolysis) is 2. The average molecular weight is 1020 g/mol. The average Bonchev–Trinajstić information content (AvgIpc) is 4.32. The van der Waals surface area contributed by atoms with E-state index >= 15 is 0 Å². The van der Waals surface area contributed by atoms with Gasteiger partial charge < -0.3 is 54.1 Å². The Hall–Kier alpha value is -7.22. The van der Waals surface area contributed by atoms with Gasteiger partial charge in [0.15, 0.2) is 0 Å². The number of carbonyl (C=O) groups excluding carboxylic acids is 4. The number of rotatable bonds is 11. The standard InChI is InChI=1S/C55H59N9O9S/c1-69-54(67)60-47(31-15-21-71-22-16-31)51(65)62-19-5-8-41(62)49-56-29-38(58-49)33-12-14-40-36(25-33)26-43-37-13-11-34(27-44(37)73-53(64(40)43)46-28-35-7-3-4-10-45(35)74-46)39-30-57-50(59-39)42-9-6-20-63(42)52(66)48(61-55(68)70-2)32-17-23-72-24-18-32/h3-4,7,10-14,25-32,41-42,47-48,53H,5-6,8-9,15-24H2,1-2H3,(H,56,58)(H,57,59)(H,60,67)(H,61,68)/t41-,42-,47-,48-,53?/m0/s1. The maximum absolute atomic E-state index is 14.3. The number of fused-ring (bicyclic) bond motifs is 6. The van der Waals surface area contributed by atoms with Gasteiger partial charge in [-0.15, -0.1) is 11.3 Å².